The van der Waals surface area contributed by atoms with Crippen LogP contribution in [0, 0.1) is 5.82 Å². The van der Waals surface area contributed by atoms with Crippen LogP contribution in [0.5, 0.6) is 5.75 Å². The van der Waals surface area contributed by atoms with Gasteiger partial charge in [-0.2, -0.15) is 0 Å². The van der Waals surface area contributed by atoms with Crippen molar-refractivity contribution in [3.05, 3.63) is 82.1 Å². The second-order valence-corrected chi connectivity index (χ2v) is 7.59. The van der Waals surface area contributed by atoms with Gasteiger partial charge in [-0.05, 0) is 55.3 Å². The Kier molecular flexibility index (Phi) is 5.03. The molecule has 1 aliphatic rings. The molecule has 0 radical (unpaired) electrons. The molecular formula is C23H20FNO5. The normalized spacial score (nSPS) is 17.4. The number of benzene rings is 2. The molecule has 0 aliphatic carbocycles. The van der Waals surface area contributed by atoms with Crippen LogP contribution in [-0.2, 0) is 11.2 Å². The van der Waals surface area contributed by atoms with Crippen molar-refractivity contribution in [3.63, 3.8) is 0 Å². The summed E-state index contributed by atoms with van der Waals surface area (Å²) in [4.78, 5) is 23.7. The summed E-state index contributed by atoms with van der Waals surface area (Å²) in [6.45, 7) is 3.64. The van der Waals surface area contributed by atoms with Gasteiger partial charge in [0.1, 0.15) is 28.9 Å². The van der Waals surface area contributed by atoms with Gasteiger partial charge >= 0.3 is 11.7 Å². The summed E-state index contributed by atoms with van der Waals surface area (Å²) in [6, 6.07) is 12.6. The molecule has 1 atom stereocenters. The Labute approximate surface area is 171 Å². The molecule has 6 nitrogen and oxygen atoms in total. The highest BCUT2D eigenvalue weighted by Crippen LogP contribution is 2.37. The zero-order valence-electron chi connectivity index (χ0n) is 16.5. The Bertz CT molecular complexity index is 1200. The van der Waals surface area contributed by atoms with Gasteiger partial charge in [-0.15, -0.1) is 0 Å². The number of carbonyl (C=O) groups is 1. The van der Waals surface area contributed by atoms with E-state index >= 15 is 0 Å². The number of hydrogen-bond acceptors (Lipinski definition) is 5. The summed E-state index contributed by atoms with van der Waals surface area (Å²) in [5.41, 5.74) is 0.686. The predicted molar refractivity (Wildman–Crippen MR) is 110 cm³/mol. The van der Waals surface area contributed by atoms with Gasteiger partial charge in [-0.25, -0.2) is 14.0 Å². The number of amides is 1. The number of nitrogens with one attached hydrogen (secondary N) is 1. The molecule has 0 fully saturated rings. The third-order valence-corrected chi connectivity index (χ3v) is 4.93. The van der Waals surface area contributed by atoms with Crippen molar-refractivity contribution in [2.75, 3.05) is 0 Å². The molecule has 2 aromatic carbocycles. The summed E-state index contributed by atoms with van der Waals surface area (Å²) >= 11 is 0. The van der Waals surface area contributed by atoms with Gasteiger partial charge in [0.25, 0.3) is 0 Å². The first-order valence-corrected chi connectivity index (χ1v) is 9.45. The fraction of sp³-hybridized carbons (Fsp3) is 0.217. The van der Waals surface area contributed by atoms with Crippen molar-refractivity contribution in [2.45, 2.75) is 32.0 Å². The molecule has 0 saturated carbocycles. The van der Waals surface area contributed by atoms with Crippen molar-refractivity contribution in [1.29, 1.82) is 0 Å². The molecule has 2 heterocycles. The zero-order valence-corrected chi connectivity index (χ0v) is 16.5. The van der Waals surface area contributed by atoms with E-state index in [0.29, 0.717) is 23.3 Å². The molecule has 1 amide bonds. The molecule has 154 valence electrons. The number of halogens is 1. The Balaban J connectivity index is 1.47. The van der Waals surface area contributed by atoms with E-state index in [0.717, 1.165) is 10.9 Å². The maximum absolute atomic E-state index is 13.2. The number of rotatable bonds is 3. The molecule has 0 bridgehead atoms. The van der Waals surface area contributed by atoms with Crippen molar-refractivity contribution < 1.29 is 23.1 Å². The second-order valence-electron chi connectivity index (χ2n) is 7.59. The molecule has 1 N–H and O–H groups in total. The SMILES string of the molecule is CC1(C)Oc2cc3oc(=O)ccc3cc2C[C@@H]1OC(=O)N/C=C/c1cccc(F)c1. The van der Waals surface area contributed by atoms with E-state index in [4.69, 9.17) is 13.9 Å². The van der Waals surface area contributed by atoms with E-state index in [-0.39, 0.29) is 5.82 Å². The van der Waals surface area contributed by atoms with Gasteiger partial charge in [0.15, 0.2) is 0 Å². The number of fused-ring (bicyclic) bond motifs is 2. The van der Waals surface area contributed by atoms with Crippen LogP contribution in [0.2, 0.25) is 0 Å². The summed E-state index contributed by atoms with van der Waals surface area (Å²) in [5, 5.41) is 3.29. The lowest BCUT2D eigenvalue weighted by molar-refractivity contribution is -0.0486. The van der Waals surface area contributed by atoms with E-state index in [1.807, 2.05) is 19.9 Å². The average molecular weight is 409 g/mol. The molecule has 3 aromatic rings. The summed E-state index contributed by atoms with van der Waals surface area (Å²) in [7, 11) is 0. The maximum Gasteiger partial charge on any atom is 0.411 e. The minimum atomic E-state index is -0.792. The fourth-order valence-corrected chi connectivity index (χ4v) is 3.36. The highest BCUT2D eigenvalue weighted by molar-refractivity contribution is 5.79. The summed E-state index contributed by atoms with van der Waals surface area (Å²) < 4.78 is 30.0. The largest absolute Gasteiger partial charge is 0.484 e. The van der Waals surface area contributed by atoms with Crippen LogP contribution in [0.25, 0.3) is 17.0 Å². The first kappa shape index (κ1) is 19.7. The van der Waals surface area contributed by atoms with E-state index in [9.17, 15) is 14.0 Å². The van der Waals surface area contributed by atoms with Crippen LogP contribution in [0.15, 0.2) is 63.9 Å². The second kappa shape index (κ2) is 7.67. The van der Waals surface area contributed by atoms with Crippen molar-refractivity contribution in [3.8, 4) is 5.75 Å². The fourth-order valence-electron chi connectivity index (χ4n) is 3.36. The summed E-state index contributed by atoms with van der Waals surface area (Å²) in [6.07, 6.45) is 2.23. The maximum atomic E-state index is 13.2. The van der Waals surface area contributed by atoms with E-state index in [2.05, 4.69) is 5.32 Å². The molecule has 7 heteroatoms. The van der Waals surface area contributed by atoms with E-state index in [1.165, 1.54) is 24.4 Å². The Morgan fingerprint density at radius 3 is 2.87 bits per heavy atom. The highest BCUT2D eigenvalue weighted by Gasteiger charge is 2.40. The monoisotopic (exact) mass is 409 g/mol. The molecule has 1 aliphatic heterocycles. The Morgan fingerprint density at radius 1 is 1.23 bits per heavy atom. The smallest absolute Gasteiger partial charge is 0.411 e. The topological polar surface area (TPSA) is 77.8 Å². The van der Waals surface area contributed by atoms with Crippen LogP contribution in [-0.4, -0.2) is 17.8 Å². The van der Waals surface area contributed by atoms with Crippen molar-refractivity contribution in [1.82, 2.24) is 5.32 Å². The molecule has 0 unspecified atom stereocenters. The molecule has 4 rings (SSSR count). The van der Waals surface area contributed by atoms with Gasteiger partial charge in [-0.3, -0.25) is 5.32 Å². The molecule has 0 saturated heterocycles. The minimum absolute atomic E-state index is 0.355. The first-order valence-electron chi connectivity index (χ1n) is 9.45. The lowest BCUT2D eigenvalue weighted by Crippen LogP contribution is -2.49. The lowest BCUT2D eigenvalue weighted by Gasteiger charge is -2.39. The Hall–Kier alpha value is -3.61. The average Bonchev–Trinajstić information content (AvgIpc) is 2.67. The van der Waals surface area contributed by atoms with Gasteiger partial charge in [0, 0.05) is 30.1 Å². The number of ether oxygens (including phenoxy) is 2. The Morgan fingerprint density at radius 2 is 2.07 bits per heavy atom. The highest BCUT2D eigenvalue weighted by atomic mass is 19.1. The van der Waals surface area contributed by atoms with Crippen LogP contribution in [0.3, 0.4) is 0 Å². The van der Waals surface area contributed by atoms with Crippen molar-refractivity contribution >= 4 is 23.1 Å². The predicted octanol–water partition coefficient (Wildman–Crippen LogP) is 4.41. The van der Waals surface area contributed by atoms with Gasteiger partial charge in [0.05, 0.1) is 0 Å². The first-order chi connectivity index (χ1) is 14.3. The quantitative estimate of drug-likeness (QED) is 0.649. The standard InChI is InChI=1S/C23H20FNO5/c1-23(2)20(29-22(27)25-9-8-14-4-3-5-17(24)10-14)12-16-11-15-6-7-21(26)28-18(15)13-19(16)30-23/h3-11,13,20H,12H2,1-2H3,(H,25,27)/b9-8+/t20-/m0/s1. The van der Waals surface area contributed by atoms with Gasteiger partial charge in [-0.1, -0.05) is 12.1 Å². The van der Waals surface area contributed by atoms with Crippen LogP contribution in [0.4, 0.5) is 9.18 Å². The molecule has 30 heavy (non-hydrogen) atoms. The lowest BCUT2D eigenvalue weighted by atomic mass is 9.90. The number of carbonyl (C=O) groups excluding carboxylic acids is 1. The molecule has 0 spiro atoms. The minimum Gasteiger partial charge on any atom is -0.484 e. The van der Waals surface area contributed by atoms with Crippen LogP contribution < -0.4 is 15.7 Å². The van der Waals surface area contributed by atoms with E-state index < -0.39 is 23.4 Å². The third-order valence-electron chi connectivity index (χ3n) is 4.93. The van der Waals surface area contributed by atoms with Crippen LogP contribution in [0.1, 0.15) is 25.0 Å². The number of alkyl carbamates (subject to hydrolysis) is 1. The van der Waals surface area contributed by atoms with Gasteiger partial charge < -0.3 is 13.9 Å². The van der Waals surface area contributed by atoms with Crippen LogP contribution >= 0.6 is 0 Å². The van der Waals surface area contributed by atoms with E-state index in [1.54, 1.807) is 30.3 Å². The third kappa shape index (κ3) is 4.20. The summed E-state index contributed by atoms with van der Waals surface area (Å²) in [5.74, 6) is 0.236. The van der Waals surface area contributed by atoms with Gasteiger partial charge in [0.2, 0.25) is 0 Å². The number of hydrogen-bond donors (Lipinski definition) is 1. The molecule has 1 aromatic heterocycles. The molecular weight excluding hydrogens is 389 g/mol. The zero-order chi connectivity index (χ0) is 21.3. The van der Waals surface area contributed by atoms with Crippen molar-refractivity contribution in [2.24, 2.45) is 0 Å².